The SMILES string of the molecule is O=C(O)CCCCCC(=O)NCc1cccc(-c2ccc([C@H]3O[C@@H](CSc4nc(-c5ccccc5)c(-c5ccccc5)o4)C[C@@H](c4ccc(CO)cc4)O3)cc2)c1. The minimum Gasteiger partial charge on any atom is -0.481 e. The highest BCUT2D eigenvalue weighted by molar-refractivity contribution is 7.99. The summed E-state index contributed by atoms with van der Waals surface area (Å²) in [5.41, 5.74) is 8.54. The Kier molecular flexibility index (Phi) is 13.6. The minimum atomic E-state index is -0.807. The normalized spacial score (nSPS) is 16.6. The molecular formula is C47H46N2O7S. The zero-order valence-corrected chi connectivity index (χ0v) is 32.4. The van der Waals surface area contributed by atoms with Gasteiger partial charge < -0.3 is 29.4 Å². The van der Waals surface area contributed by atoms with E-state index in [1.54, 1.807) is 0 Å². The van der Waals surface area contributed by atoms with Crippen molar-refractivity contribution in [3.8, 4) is 33.7 Å². The van der Waals surface area contributed by atoms with Crippen LogP contribution in [0.3, 0.4) is 0 Å². The van der Waals surface area contributed by atoms with Crippen LogP contribution in [0, 0.1) is 0 Å². The molecule has 0 spiro atoms. The van der Waals surface area contributed by atoms with Gasteiger partial charge in [0.2, 0.25) is 5.91 Å². The van der Waals surface area contributed by atoms with Crippen LogP contribution in [0.2, 0.25) is 0 Å². The Labute approximate surface area is 337 Å². The fraction of sp³-hybridized carbons (Fsp3) is 0.255. The number of ether oxygens (including phenoxy) is 2. The standard InChI is InChI=1S/C47H46N2O7S/c50-30-32-19-21-35(22-20-32)41-28-40(31-57-47-49-44(36-12-4-1-5-13-36)45(56-47)37-14-6-2-7-15-37)54-46(55-41)38-25-23-34(24-26-38)39-16-10-11-33(27-39)29-48-42(51)17-8-3-9-18-43(52)53/h1-2,4-7,10-16,19-27,40-41,46,50H,3,8-9,17-18,28-31H2,(H,48,51)(H,52,53)/t40-,41+,46+/m1/s1. The first-order valence-electron chi connectivity index (χ1n) is 19.3. The van der Waals surface area contributed by atoms with E-state index >= 15 is 0 Å². The van der Waals surface area contributed by atoms with Crippen molar-refractivity contribution in [1.82, 2.24) is 10.3 Å². The van der Waals surface area contributed by atoms with Gasteiger partial charge in [0, 0.05) is 48.3 Å². The van der Waals surface area contributed by atoms with Gasteiger partial charge in [-0.15, -0.1) is 0 Å². The first kappa shape index (κ1) is 39.7. The molecule has 1 saturated heterocycles. The van der Waals surface area contributed by atoms with E-state index in [0.717, 1.165) is 56.0 Å². The molecule has 0 aliphatic carbocycles. The van der Waals surface area contributed by atoms with E-state index in [4.69, 9.17) is 24.0 Å². The molecule has 1 aliphatic rings. The Bertz CT molecular complexity index is 2150. The summed E-state index contributed by atoms with van der Waals surface area (Å²) < 4.78 is 19.7. The predicted molar refractivity (Wildman–Crippen MR) is 221 cm³/mol. The van der Waals surface area contributed by atoms with E-state index in [-0.39, 0.29) is 31.1 Å². The van der Waals surface area contributed by atoms with Gasteiger partial charge in [-0.25, -0.2) is 4.98 Å². The summed E-state index contributed by atoms with van der Waals surface area (Å²) in [6.07, 6.45) is 2.08. The molecule has 1 fully saturated rings. The molecule has 1 amide bonds. The van der Waals surface area contributed by atoms with Gasteiger partial charge in [0.1, 0.15) is 5.69 Å². The van der Waals surface area contributed by atoms with E-state index in [9.17, 15) is 14.7 Å². The van der Waals surface area contributed by atoms with Gasteiger partial charge in [0.25, 0.3) is 5.22 Å². The number of hydrogen-bond acceptors (Lipinski definition) is 8. The van der Waals surface area contributed by atoms with E-state index in [1.807, 2.05) is 115 Å². The van der Waals surface area contributed by atoms with Crippen molar-refractivity contribution in [1.29, 1.82) is 0 Å². The highest BCUT2D eigenvalue weighted by Gasteiger charge is 2.33. The quantitative estimate of drug-likeness (QED) is 0.0611. The fourth-order valence-electron chi connectivity index (χ4n) is 6.85. The zero-order valence-electron chi connectivity index (χ0n) is 31.6. The van der Waals surface area contributed by atoms with E-state index in [0.29, 0.717) is 49.6 Å². The number of aliphatic carboxylic acids is 1. The van der Waals surface area contributed by atoms with Gasteiger partial charge in [0.15, 0.2) is 12.1 Å². The van der Waals surface area contributed by atoms with Gasteiger partial charge in [-0.3, -0.25) is 9.59 Å². The average molecular weight is 783 g/mol. The number of carbonyl (C=O) groups is 2. The zero-order chi connectivity index (χ0) is 39.4. The molecule has 1 aromatic heterocycles. The number of carboxylic acid groups (broad SMARTS) is 1. The number of aliphatic hydroxyl groups excluding tert-OH is 1. The maximum Gasteiger partial charge on any atom is 0.303 e. The molecule has 0 saturated carbocycles. The van der Waals surface area contributed by atoms with Crippen LogP contribution in [0.1, 0.15) is 73.2 Å². The molecule has 1 aliphatic heterocycles. The number of nitrogens with one attached hydrogen (secondary N) is 1. The second kappa shape index (κ2) is 19.6. The first-order chi connectivity index (χ1) is 27.9. The smallest absolute Gasteiger partial charge is 0.303 e. The van der Waals surface area contributed by atoms with Crippen molar-refractivity contribution in [3.05, 3.63) is 156 Å². The highest BCUT2D eigenvalue weighted by Crippen LogP contribution is 2.41. The first-order valence-corrected chi connectivity index (χ1v) is 20.3. The van der Waals surface area contributed by atoms with Crippen molar-refractivity contribution < 1.29 is 33.7 Å². The van der Waals surface area contributed by atoms with Crippen LogP contribution < -0.4 is 5.32 Å². The maximum absolute atomic E-state index is 12.4. The van der Waals surface area contributed by atoms with Crippen LogP contribution in [0.5, 0.6) is 0 Å². The average Bonchev–Trinajstić information content (AvgIpc) is 3.70. The molecule has 9 nitrogen and oxygen atoms in total. The van der Waals surface area contributed by atoms with Crippen molar-refractivity contribution >= 4 is 23.6 Å². The number of carboxylic acids is 1. The van der Waals surface area contributed by atoms with Crippen molar-refractivity contribution in [3.63, 3.8) is 0 Å². The maximum atomic E-state index is 12.4. The number of unbranched alkanes of at least 4 members (excludes halogenated alkanes) is 2. The lowest BCUT2D eigenvalue weighted by Gasteiger charge is -2.36. The van der Waals surface area contributed by atoms with Crippen molar-refractivity contribution in [2.45, 2.75) is 75.4 Å². The summed E-state index contributed by atoms with van der Waals surface area (Å²) in [7, 11) is 0. The number of hydrogen-bond donors (Lipinski definition) is 3. The Morgan fingerprint density at radius 1 is 0.702 bits per heavy atom. The van der Waals surface area contributed by atoms with Crippen molar-refractivity contribution in [2.75, 3.05) is 5.75 Å². The Balaban J connectivity index is 1.04. The van der Waals surface area contributed by atoms with Crippen LogP contribution >= 0.6 is 11.8 Å². The van der Waals surface area contributed by atoms with Crippen LogP contribution in [-0.4, -0.2) is 38.9 Å². The number of amides is 1. The summed E-state index contributed by atoms with van der Waals surface area (Å²) in [4.78, 5) is 28.0. The molecule has 5 aromatic carbocycles. The number of aromatic nitrogens is 1. The fourth-order valence-corrected chi connectivity index (χ4v) is 7.69. The van der Waals surface area contributed by atoms with Gasteiger partial charge in [0.05, 0.1) is 18.8 Å². The summed E-state index contributed by atoms with van der Waals surface area (Å²) in [6.45, 7) is 0.392. The highest BCUT2D eigenvalue weighted by atomic mass is 32.2. The Morgan fingerprint density at radius 2 is 1.39 bits per heavy atom. The molecule has 292 valence electrons. The number of rotatable bonds is 17. The van der Waals surface area contributed by atoms with Crippen LogP contribution in [-0.2, 0) is 32.2 Å². The third-order valence-electron chi connectivity index (χ3n) is 9.93. The van der Waals surface area contributed by atoms with Gasteiger partial charge >= 0.3 is 5.97 Å². The molecule has 0 radical (unpaired) electrons. The van der Waals surface area contributed by atoms with Gasteiger partial charge in [-0.1, -0.05) is 146 Å². The summed E-state index contributed by atoms with van der Waals surface area (Å²) in [5.74, 6) is 0.481. The molecule has 6 aromatic rings. The lowest BCUT2D eigenvalue weighted by Crippen LogP contribution is -2.31. The number of aliphatic hydroxyl groups is 1. The third kappa shape index (κ3) is 10.9. The number of benzene rings is 5. The second-order valence-electron chi connectivity index (χ2n) is 14.1. The summed E-state index contributed by atoms with van der Waals surface area (Å²) >= 11 is 1.53. The molecular weight excluding hydrogens is 737 g/mol. The third-order valence-corrected chi connectivity index (χ3v) is 10.9. The number of carbonyl (C=O) groups excluding carboxylic acids is 1. The van der Waals surface area contributed by atoms with E-state index < -0.39 is 12.3 Å². The number of nitrogens with zero attached hydrogens (tertiary/aromatic N) is 1. The molecule has 7 rings (SSSR count). The monoisotopic (exact) mass is 782 g/mol. The van der Waals surface area contributed by atoms with Crippen LogP contribution in [0.4, 0.5) is 0 Å². The minimum absolute atomic E-state index is 0.0234. The Morgan fingerprint density at radius 3 is 2.11 bits per heavy atom. The van der Waals surface area contributed by atoms with Crippen molar-refractivity contribution in [2.24, 2.45) is 0 Å². The molecule has 3 atom stereocenters. The summed E-state index contributed by atoms with van der Waals surface area (Å²) in [6, 6.07) is 44.3. The Hall–Kier alpha value is -5.52. The van der Waals surface area contributed by atoms with Crippen LogP contribution in [0.15, 0.2) is 143 Å². The van der Waals surface area contributed by atoms with Gasteiger partial charge in [-0.2, -0.15) is 0 Å². The predicted octanol–water partition coefficient (Wildman–Crippen LogP) is 10.2. The topological polar surface area (TPSA) is 131 Å². The number of thioether (sulfide) groups is 1. The second-order valence-corrected chi connectivity index (χ2v) is 15.1. The molecule has 10 heteroatoms. The summed E-state index contributed by atoms with van der Waals surface area (Å²) in [5, 5.41) is 22.0. The lowest BCUT2D eigenvalue weighted by atomic mass is 9.99. The van der Waals surface area contributed by atoms with E-state index in [1.165, 1.54) is 11.8 Å². The van der Waals surface area contributed by atoms with E-state index in [2.05, 4.69) is 23.5 Å². The molecule has 57 heavy (non-hydrogen) atoms. The largest absolute Gasteiger partial charge is 0.481 e. The lowest BCUT2D eigenvalue weighted by molar-refractivity contribution is -0.245. The molecule has 0 bridgehead atoms. The van der Waals surface area contributed by atoms with Gasteiger partial charge in [-0.05, 0) is 46.7 Å². The number of oxazole rings is 1. The molecule has 0 unspecified atom stereocenters. The van der Waals surface area contributed by atoms with Crippen LogP contribution in [0.25, 0.3) is 33.7 Å². The molecule has 3 N–H and O–H groups in total. The molecule has 2 heterocycles.